The van der Waals surface area contributed by atoms with Crippen LogP contribution in [0.15, 0.2) is 48.5 Å². The summed E-state index contributed by atoms with van der Waals surface area (Å²) in [5.41, 5.74) is 3.05. The molecule has 0 bridgehead atoms. The molecule has 1 aliphatic heterocycles. The molecule has 2 aromatic carbocycles. The highest BCUT2D eigenvalue weighted by Crippen LogP contribution is 2.25. The largest absolute Gasteiger partial charge is 0.469 e. The number of carbonyl (C=O) groups is 3. The zero-order valence-corrected chi connectivity index (χ0v) is 17.1. The number of para-hydroxylation sites is 1. The molecule has 0 radical (unpaired) electrons. The van der Waals surface area contributed by atoms with Crippen molar-refractivity contribution in [3.05, 3.63) is 59.7 Å². The van der Waals surface area contributed by atoms with Gasteiger partial charge in [0.1, 0.15) is 6.04 Å². The quantitative estimate of drug-likeness (QED) is 0.476. The van der Waals surface area contributed by atoms with Gasteiger partial charge in [-0.15, -0.1) is 0 Å². The van der Waals surface area contributed by atoms with E-state index in [4.69, 9.17) is 0 Å². The van der Waals surface area contributed by atoms with Crippen molar-refractivity contribution in [3.8, 4) is 0 Å². The van der Waals surface area contributed by atoms with E-state index in [9.17, 15) is 14.4 Å². The molecule has 0 saturated carbocycles. The zero-order valence-electron chi connectivity index (χ0n) is 17.1. The maximum Gasteiger partial charge on any atom is 0.308 e. The van der Waals surface area contributed by atoms with E-state index in [1.165, 1.54) is 12.0 Å². The van der Waals surface area contributed by atoms with Crippen LogP contribution in [0.1, 0.15) is 22.3 Å². The van der Waals surface area contributed by atoms with Crippen molar-refractivity contribution in [2.24, 2.45) is 0 Å². The van der Waals surface area contributed by atoms with Crippen molar-refractivity contribution >= 4 is 29.2 Å². The Hall–Kier alpha value is -3.55. The maximum absolute atomic E-state index is 12.5. The summed E-state index contributed by atoms with van der Waals surface area (Å²) in [5.74, 6) is -0.843. The van der Waals surface area contributed by atoms with Gasteiger partial charge in [0.05, 0.1) is 13.5 Å². The van der Waals surface area contributed by atoms with Gasteiger partial charge >= 0.3 is 5.97 Å². The zero-order chi connectivity index (χ0) is 21.5. The predicted octanol–water partition coefficient (Wildman–Crippen LogP) is 1.84. The van der Waals surface area contributed by atoms with Crippen LogP contribution in [0.4, 0.5) is 11.4 Å². The number of benzene rings is 2. The van der Waals surface area contributed by atoms with Crippen LogP contribution in [-0.4, -0.2) is 56.0 Å². The lowest BCUT2D eigenvalue weighted by Gasteiger charge is -2.19. The number of methoxy groups -OCH3 is 1. The normalized spacial score (nSPS) is 15.5. The molecular formula is C22H26N4O4. The van der Waals surface area contributed by atoms with Gasteiger partial charge in [-0.25, -0.2) is 0 Å². The SMILES string of the molecule is COC(=O)CC1Nc2ccc(C(=O)NCCNc3ccccc3)cc2CN(C)C1=O. The van der Waals surface area contributed by atoms with Gasteiger partial charge in [-0.1, -0.05) is 18.2 Å². The third kappa shape index (κ3) is 5.28. The highest BCUT2D eigenvalue weighted by atomic mass is 16.5. The van der Waals surface area contributed by atoms with Crippen LogP contribution in [0, 0.1) is 0 Å². The van der Waals surface area contributed by atoms with E-state index in [-0.39, 0.29) is 18.2 Å². The Balaban J connectivity index is 1.62. The molecule has 3 N–H and O–H groups in total. The van der Waals surface area contributed by atoms with E-state index in [1.807, 2.05) is 30.3 Å². The van der Waals surface area contributed by atoms with Gasteiger partial charge in [0.2, 0.25) is 5.91 Å². The summed E-state index contributed by atoms with van der Waals surface area (Å²) in [6.07, 6.45) is -0.0598. The Bertz CT molecular complexity index is 917. The van der Waals surface area contributed by atoms with Gasteiger partial charge in [0.25, 0.3) is 5.91 Å². The summed E-state index contributed by atoms with van der Waals surface area (Å²) in [4.78, 5) is 38.2. The monoisotopic (exact) mass is 410 g/mol. The van der Waals surface area contributed by atoms with E-state index in [0.29, 0.717) is 25.2 Å². The molecule has 2 aromatic rings. The number of carbonyl (C=O) groups excluding carboxylic acids is 3. The molecule has 1 heterocycles. The molecule has 0 fully saturated rings. The second-order valence-corrected chi connectivity index (χ2v) is 7.09. The number of nitrogens with one attached hydrogen (secondary N) is 3. The molecule has 0 aromatic heterocycles. The smallest absolute Gasteiger partial charge is 0.308 e. The predicted molar refractivity (Wildman–Crippen MR) is 114 cm³/mol. The molecule has 3 rings (SSSR count). The van der Waals surface area contributed by atoms with Crippen molar-refractivity contribution < 1.29 is 19.1 Å². The molecule has 30 heavy (non-hydrogen) atoms. The summed E-state index contributed by atoms with van der Waals surface area (Å²) in [6.45, 7) is 1.42. The highest BCUT2D eigenvalue weighted by molar-refractivity contribution is 5.95. The molecule has 2 amide bonds. The molecule has 0 saturated heterocycles. The number of fused-ring (bicyclic) bond motifs is 1. The molecule has 158 valence electrons. The molecule has 1 atom stereocenters. The van der Waals surface area contributed by atoms with Crippen LogP contribution in [0.5, 0.6) is 0 Å². The van der Waals surface area contributed by atoms with Crippen molar-refractivity contribution in [2.75, 3.05) is 37.9 Å². The van der Waals surface area contributed by atoms with Crippen LogP contribution in [-0.2, 0) is 20.9 Å². The number of esters is 1. The van der Waals surface area contributed by atoms with Crippen molar-refractivity contribution in [2.45, 2.75) is 19.0 Å². The van der Waals surface area contributed by atoms with Crippen molar-refractivity contribution in [3.63, 3.8) is 0 Å². The first kappa shape index (κ1) is 21.2. The van der Waals surface area contributed by atoms with E-state index < -0.39 is 12.0 Å². The summed E-state index contributed by atoms with van der Waals surface area (Å²) in [5, 5.41) is 9.24. The fourth-order valence-electron chi connectivity index (χ4n) is 3.28. The number of likely N-dealkylation sites (N-methyl/N-ethyl adjacent to an activating group) is 1. The van der Waals surface area contributed by atoms with Crippen LogP contribution in [0.3, 0.4) is 0 Å². The molecule has 8 nitrogen and oxygen atoms in total. The molecule has 0 spiro atoms. The van der Waals surface area contributed by atoms with Gasteiger partial charge in [-0.2, -0.15) is 0 Å². The number of amides is 2. The number of hydrogen-bond acceptors (Lipinski definition) is 6. The van der Waals surface area contributed by atoms with Gasteiger partial charge < -0.3 is 25.6 Å². The summed E-state index contributed by atoms with van der Waals surface area (Å²) in [6, 6.07) is 14.3. The van der Waals surface area contributed by atoms with Crippen molar-refractivity contribution in [1.29, 1.82) is 0 Å². The second kappa shape index (κ2) is 9.78. The summed E-state index contributed by atoms with van der Waals surface area (Å²) in [7, 11) is 2.97. The Morgan fingerprint density at radius 2 is 1.93 bits per heavy atom. The van der Waals surface area contributed by atoms with E-state index in [1.54, 1.807) is 25.2 Å². The van der Waals surface area contributed by atoms with Gasteiger partial charge in [-0.3, -0.25) is 14.4 Å². The number of anilines is 2. The number of hydrogen-bond donors (Lipinski definition) is 3. The van der Waals surface area contributed by atoms with E-state index in [2.05, 4.69) is 20.7 Å². The third-order valence-electron chi connectivity index (χ3n) is 4.89. The standard InChI is InChI=1S/C22H26N4O4/c1-26-14-16-12-15(21(28)24-11-10-23-17-6-4-3-5-7-17)8-9-18(16)25-19(22(26)29)13-20(27)30-2/h3-9,12,19,23,25H,10-11,13-14H2,1-2H3,(H,24,28). The minimum Gasteiger partial charge on any atom is -0.469 e. The van der Waals surface area contributed by atoms with Crippen LogP contribution < -0.4 is 16.0 Å². The lowest BCUT2D eigenvalue weighted by Crippen LogP contribution is -2.39. The van der Waals surface area contributed by atoms with Crippen LogP contribution in [0.2, 0.25) is 0 Å². The average molecular weight is 410 g/mol. The van der Waals surface area contributed by atoms with Gasteiger partial charge in [0, 0.05) is 43.6 Å². The van der Waals surface area contributed by atoms with Crippen LogP contribution >= 0.6 is 0 Å². The van der Waals surface area contributed by atoms with E-state index >= 15 is 0 Å². The minimum absolute atomic E-state index is 0.0598. The first-order valence-corrected chi connectivity index (χ1v) is 9.76. The lowest BCUT2D eigenvalue weighted by atomic mass is 10.1. The maximum atomic E-state index is 12.5. The topological polar surface area (TPSA) is 99.8 Å². The average Bonchev–Trinajstić information content (AvgIpc) is 2.87. The Morgan fingerprint density at radius 3 is 2.67 bits per heavy atom. The minimum atomic E-state index is -0.701. The first-order chi connectivity index (χ1) is 14.5. The highest BCUT2D eigenvalue weighted by Gasteiger charge is 2.29. The molecule has 1 aliphatic rings. The van der Waals surface area contributed by atoms with Gasteiger partial charge in [0.15, 0.2) is 0 Å². The molecule has 0 aliphatic carbocycles. The van der Waals surface area contributed by atoms with Gasteiger partial charge in [-0.05, 0) is 35.9 Å². The van der Waals surface area contributed by atoms with E-state index in [0.717, 1.165) is 16.9 Å². The Morgan fingerprint density at radius 1 is 1.17 bits per heavy atom. The lowest BCUT2D eigenvalue weighted by molar-refractivity contribution is -0.143. The second-order valence-electron chi connectivity index (χ2n) is 7.09. The molecule has 1 unspecified atom stereocenters. The Labute approximate surface area is 175 Å². The molecule has 8 heteroatoms. The fraction of sp³-hybridized carbons (Fsp3) is 0.318. The molecular weight excluding hydrogens is 384 g/mol. The first-order valence-electron chi connectivity index (χ1n) is 9.76. The van der Waals surface area contributed by atoms with Crippen LogP contribution in [0.25, 0.3) is 0 Å². The fourth-order valence-corrected chi connectivity index (χ4v) is 3.28. The third-order valence-corrected chi connectivity index (χ3v) is 4.89. The number of rotatable bonds is 7. The Kier molecular flexibility index (Phi) is 6.90. The number of ether oxygens (including phenoxy) is 1. The van der Waals surface area contributed by atoms with Crippen molar-refractivity contribution in [1.82, 2.24) is 10.2 Å². The number of nitrogens with zero attached hydrogens (tertiary/aromatic N) is 1. The summed E-state index contributed by atoms with van der Waals surface area (Å²) < 4.78 is 4.68. The summed E-state index contributed by atoms with van der Waals surface area (Å²) >= 11 is 0.